The highest BCUT2D eigenvalue weighted by atomic mass is 19.2. The van der Waals surface area contributed by atoms with Gasteiger partial charge in [-0.3, -0.25) is 5.32 Å². The molecular formula is C15H12F2N2. The van der Waals surface area contributed by atoms with Crippen molar-refractivity contribution in [3.8, 4) is 6.07 Å². The van der Waals surface area contributed by atoms with E-state index in [2.05, 4.69) is 5.32 Å². The quantitative estimate of drug-likeness (QED) is 0.913. The van der Waals surface area contributed by atoms with Gasteiger partial charge in [0.2, 0.25) is 0 Å². The smallest absolute Gasteiger partial charge is 0.159 e. The van der Waals surface area contributed by atoms with E-state index in [0.717, 1.165) is 17.7 Å². The summed E-state index contributed by atoms with van der Waals surface area (Å²) in [5, 5.41) is 12.1. The third-order valence-electron chi connectivity index (χ3n) is 2.76. The Morgan fingerprint density at radius 2 is 1.79 bits per heavy atom. The summed E-state index contributed by atoms with van der Waals surface area (Å²) in [5.74, 6) is -1.86. The van der Waals surface area contributed by atoms with Gasteiger partial charge in [0, 0.05) is 6.54 Å². The van der Waals surface area contributed by atoms with Gasteiger partial charge >= 0.3 is 0 Å². The van der Waals surface area contributed by atoms with Gasteiger partial charge in [0.05, 0.1) is 6.07 Å². The molecule has 0 aromatic heterocycles. The molecule has 2 nitrogen and oxygen atoms in total. The summed E-state index contributed by atoms with van der Waals surface area (Å²) in [6.07, 6.45) is 0. The maximum Gasteiger partial charge on any atom is 0.159 e. The Hall–Kier alpha value is -2.25. The first-order chi connectivity index (χ1) is 9.20. The van der Waals surface area contributed by atoms with Gasteiger partial charge in [0.15, 0.2) is 11.6 Å². The Labute approximate surface area is 110 Å². The average Bonchev–Trinajstić information content (AvgIpc) is 2.44. The first-order valence-electron chi connectivity index (χ1n) is 5.82. The zero-order chi connectivity index (χ0) is 13.7. The van der Waals surface area contributed by atoms with Crippen LogP contribution < -0.4 is 5.32 Å². The number of nitriles is 1. The summed E-state index contributed by atoms with van der Waals surface area (Å²) in [4.78, 5) is 0. The van der Waals surface area contributed by atoms with Gasteiger partial charge in [-0.2, -0.15) is 5.26 Å². The largest absolute Gasteiger partial charge is 0.294 e. The lowest BCUT2D eigenvalue weighted by molar-refractivity contribution is 0.504. The summed E-state index contributed by atoms with van der Waals surface area (Å²) in [5.41, 5.74) is 1.43. The highest BCUT2D eigenvalue weighted by molar-refractivity contribution is 5.26. The lowest BCUT2D eigenvalue weighted by Crippen LogP contribution is -2.19. The van der Waals surface area contributed by atoms with Crippen LogP contribution in [0.3, 0.4) is 0 Å². The van der Waals surface area contributed by atoms with Crippen molar-refractivity contribution < 1.29 is 8.78 Å². The first kappa shape index (κ1) is 13.2. The molecule has 0 aliphatic rings. The highest BCUT2D eigenvalue weighted by Crippen LogP contribution is 2.16. The van der Waals surface area contributed by atoms with Crippen molar-refractivity contribution >= 4 is 0 Å². The van der Waals surface area contributed by atoms with Crippen LogP contribution in [0.2, 0.25) is 0 Å². The molecule has 0 heterocycles. The molecule has 0 saturated heterocycles. The number of benzene rings is 2. The maximum atomic E-state index is 13.1. The number of rotatable bonds is 4. The van der Waals surface area contributed by atoms with E-state index < -0.39 is 17.7 Å². The van der Waals surface area contributed by atoms with Gasteiger partial charge in [0.1, 0.15) is 6.04 Å². The minimum Gasteiger partial charge on any atom is -0.294 e. The number of nitrogens with one attached hydrogen (secondary N) is 1. The summed E-state index contributed by atoms with van der Waals surface area (Å²) in [6.45, 7) is 0.484. The number of halogens is 2. The van der Waals surface area contributed by atoms with Crippen LogP contribution in [0, 0.1) is 23.0 Å². The Morgan fingerprint density at radius 1 is 1.05 bits per heavy atom. The Kier molecular flexibility index (Phi) is 4.22. The van der Waals surface area contributed by atoms with Crippen molar-refractivity contribution in [2.24, 2.45) is 0 Å². The molecule has 1 atom stereocenters. The van der Waals surface area contributed by atoms with Crippen molar-refractivity contribution in [2.45, 2.75) is 12.6 Å². The van der Waals surface area contributed by atoms with Crippen LogP contribution in [-0.2, 0) is 6.54 Å². The Bertz CT molecular complexity index is 591. The lowest BCUT2D eigenvalue weighted by Gasteiger charge is -2.12. The van der Waals surface area contributed by atoms with Crippen LogP contribution in [-0.4, -0.2) is 0 Å². The molecule has 19 heavy (non-hydrogen) atoms. The minimum absolute atomic E-state index is 0.414. The van der Waals surface area contributed by atoms with E-state index in [0.29, 0.717) is 12.1 Å². The monoisotopic (exact) mass is 258 g/mol. The fourth-order valence-corrected chi connectivity index (χ4v) is 1.75. The predicted molar refractivity (Wildman–Crippen MR) is 68.0 cm³/mol. The standard InChI is InChI=1S/C15H12F2N2/c16-13-7-6-12(8-14(13)17)15(9-18)19-10-11-4-2-1-3-5-11/h1-8,15,19H,10H2/t15-/m1/s1. The molecule has 0 bridgehead atoms. The topological polar surface area (TPSA) is 35.8 Å². The van der Waals surface area contributed by atoms with Gasteiger partial charge in [-0.25, -0.2) is 8.78 Å². The van der Waals surface area contributed by atoms with Crippen LogP contribution in [0.25, 0.3) is 0 Å². The molecule has 0 fully saturated rings. The third-order valence-corrected chi connectivity index (χ3v) is 2.76. The van der Waals surface area contributed by atoms with Crippen molar-refractivity contribution in [3.05, 3.63) is 71.3 Å². The van der Waals surface area contributed by atoms with E-state index in [4.69, 9.17) is 5.26 Å². The van der Waals surface area contributed by atoms with E-state index in [1.807, 2.05) is 36.4 Å². The summed E-state index contributed by atoms with van der Waals surface area (Å²) >= 11 is 0. The molecule has 0 unspecified atom stereocenters. The number of hydrogen-bond donors (Lipinski definition) is 1. The summed E-state index contributed by atoms with van der Waals surface area (Å²) in [7, 11) is 0. The van der Waals surface area contributed by atoms with Gasteiger partial charge in [0.25, 0.3) is 0 Å². The fraction of sp³-hybridized carbons (Fsp3) is 0.133. The third kappa shape index (κ3) is 3.36. The molecule has 2 aromatic rings. The molecule has 0 aliphatic carbocycles. The molecule has 2 aromatic carbocycles. The lowest BCUT2D eigenvalue weighted by atomic mass is 10.1. The first-order valence-corrected chi connectivity index (χ1v) is 5.82. The van der Waals surface area contributed by atoms with Gasteiger partial charge in [-0.15, -0.1) is 0 Å². The van der Waals surface area contributed by atoms with Crippen molar-refractivity contribution in [3.63, 3.8) is 0 Å². The minimum atomic E-state index is -0.945. The van der Waals surface area contributed by atoms with Crippen LogP contribution in [0.5, 0.6) is 0 Å². The molecule has 96 valence electrons. The van der Waals surface area contributed by atoms with Crippen LogP contribution in [0.4, 0.5) is 8.78 Å². The van der Waals surface area contributed by atoms with Crippen LogP contribution >= 0.6 is 0 Å². The van der Waals surface area contributed by atoms with Crippen molar-refractivity contribution in [1.29, 1.82) is 5.26 Å². The normalized spacial score (nSPS) is 11.8. The second-order valence-electron chi connectivity index (χ2n) is 4.10. The molecule has 0 radical (unpaired) electrons. The molecule has 0 aliphatic heterocycles. The van der Waals surface area contributed by atoms with E-state index >= 15 is 0 Å². The number of nitrogens with zero attached hydrogens (tertiary/aromatic N) is 1. The molecule has 4 heteroatoms. The zero-order valence-electron chi connectivity index (χ0n) is 10.1. The Morgan fingerprint density at radius 3 is 2.42 bits per heavy atom. The van der Waals surface area contributed by atoms with Crippen molar-refractivity contribution in [1.82, 2.24) is 5.32 Å². The summed E-state index contributed by atoms with van der Waals surface area (Å²) < 4.78 is 26.0. The highest BCUT2D eigenvalue weighted by Gasteiger charge is 2.12. The summed E-state index contributed by atoms with van der Waals surface area (Å²) in [6, 6.07) is 14.4. The maximum absolute atomic E-state index is 13.1. The average molecular weight is 258 g/mol. The number of hydrogen-bond acceptors (Lipinski definition) is 2. The van der Waals surface area contributed by atoms with E-state index in [1.165, 1.54) is 6.07 Å². The SMILES string of the molecule is N#C[C@@H](NCc1ccccc1)c1ccc(F)c(F)c1. The van der Waals surface area contributed by atoms with Gasteiger partial charge < -0.3 is 0 Å². The molecule has 1 N–H and O–H groups in total. The molecule has 0 amide bonds. The Balaban J connectivity index is 2.08. The molecule has 0 spiro atoms. The van der Waals surface area contributed by atoms with E-state index in [1.54, 1.807) is 0 Å². The van der Waals surface area contributed by atoms with E-state index in [-0.39, 0.29) is 0 Å². The second-order valence-corrected chi connectivity index (χ2v) is 4.10. The second kappa shape index (κ2) is 6.07. The zero-order valence-corrected chi connectivity index (χ0v) is 10.1. The van der Waals surface area contributed by atoms with Gasteiger partial charge in [-0.05, 0) is 23.3 Å². The predicted octanol–water partition coefficient (Wildman–Crippen LogP) is 3.32. The van der Waals surface area contributed by atoms with E-state index in [9.17, 15) is 8.78 Å². The van der Waals surface area contributed by atoms with Gasteiger partial charge in [-0.1, -0.05) is 36.4 Å². The fourth-order valence-electron chi connectivity index (χ4n) is 1.75. The molecule has 2 rings (SSSR count). The van der Waals surface area contributed by atoms with Crippen molar-refractivity contribution in [2.75, 3.05) is 0 Å². The van der Waals surface area contributed by atoms with Crippen LogP contribution in [0.1, 0.15) is 17.2 Å². The van der Waals surface area contributed by atoms with Crippen LogP contribution in [0.15, 0.2) is 48.5 Å². The molecular weight excluding hydrogens is 246 g/mol. The molecule has 0 saturated carbocycles.